The van der Waals surface area contributed by atoms with Gasteiger partial charge in [0, 0.05) is 12.3 Å². The van der Waals surface area contributed by atoms with Gasteiger partial charge in [-0.2, -0.15) is 0 Å². The maximum absolute atomic E-state index is 13.0. The van der Waals surface area contributed by atoms with Crippen molar-refractivity contribution in [2.24, 2.45) is 40.4 Å². The number of aliphatic hydroxyl groups is 1. The largest absolute Gasteiger partial charge is 0.494 e. The maximum Gasteiger partial charge on any atom is 0.178 e. The van der Waals surface area contributed by atoms with E-state index in [2.05, 4.69) is 33.8 Å². The molecule has 6 rings (SSSR count). The summed E-state index contributed by atoms with van der Waals surface area (Å²) in [5.41, 5.74) is 4.61. The van der Waals surface area contributed by atoms with E-state index in [4.69, 9.17) is 4.74 Å². The Labute approximate surface area is 236 Å². The Morgan fingerprint density at radius 3 is 2.56 bits per heavy atom. The first-order valence-electron chi connectivity index (χ1n) is 15.5. The number of benzene rings is 1. The maximum atomic E-state index is 13.0. The smallest absolute Gasteiger partial charge is 0.178 e. The molecule has 1 heterocycles. The summed E-state index contributed by atoms with van der Waals surface area (Å²) in [4.78, 5) is 0.430. The Balaban J connectivity index is 1.13. The molecular weight excluding hydrogens is 504 g/mol. The number of allylic oxidation sites excluding steroid dienone is 2. The number of fused-ring (bicyclic) bond motifs is 7. The lowest BCUT2D eigenvalue weighted by atomic mass is 9.47. The third-order valence-electron chi connectivity index (χ3n) is 12.0. The van der Waals surface area contributed by atoms with E-state index in [1.165, 1.54) is 30.4 Å². The van der Waals surface area contributed by atoms with Gasteiger partial charge in [0.2, 0.25) is 0 Å². The molecule has 5 heteroatoms. The predicted molar refractivity (Wildman–Crippen MR) is 156 cm³/mol. The minimum Gasteiger partial charge on any atom is -0.494 e. The first kappa shape index (κ1) is 27.6. The monoisotopic (exact) mass is 552 g/mol. The van der Waals surface area contributed by atoms with E-state index >= 15 is 0 Å². The van der Waals surface area contributed by atoms with Crippen LogP contribution >= 0.6 is 0 Å². The fraction of sp³-hybridized carbons (Fsp3) is 0.706. The molecule has 4 nitrogen and oxygen atoms in total. The molecule has 9 atom stereocenters. The number of aryl methyl sites for hydroxylation is 1. The summed E-state index contributed by atoms with van der Waals surface area (Å²) in [6, 6.07) is 7.22. The molecule has 0 radical (unpaired) electrons. The number of hydrogen-bond acceptors (Lipinski definition) is 4. The highest BCUT2D eigenvalue weighted by Gasteiger charge is 2.63. The van der Waals surface area contributed by atoms with Crippen LogP contribution in [-0.2, 0) is 14.6 Å². The lowest BCUT2D eigenvalue weighted by Gasteiger charge is -2.57. The van der Waals surface area contributed by atoms with E-state index in [1.807, 2.05) is 19.1 Å². The average Bonchev–Trinajstić information content (AvgIpc) is 3.36. The van der Waals surface area contributed by atoms with Gasteiger partial charge < -0.3 is 9.84 Å². The van der Waals surface area contributed by atoms with Crippen molar-refractivity contribution >= 4 is 9.84 Å². The number of aliphatic hydroxyl groups excluding tert-OH is 1. The van der Waals surface area contributed by atoms with Crippen LogP contribution in [0.3, 0.4) is 0 Å². The topological polar surface area (TPSA) is 63.6 Å². The first-order chi connectivity index (χ1) is 18.4. The molecular formula is C34H48O4S. The molecule has 3 saturated carbocycles. The number of ether oxygens (including phenoxy) is 1. The van der Waals surface area contributed by atoms with Crippen LogP contribution in [0.1, 0.15) is 91.0 Å². The van der Waals surface area contributed by atoms with Gasteiger partial charge >= 0.3 is 0 Å². The second kappa shape index (κ2) is 9.76. The molecule has 0 saturated heterocycles. The van der Waals surface area contributed by atoms with E-state index < -0.39 is 9.84 Å². The Bertz CT molecular complexity index is 1280. The molecule has 0 spiro atoms. The summed E-state index contributed by atoms with van der Waals surface area (Å²) in [6.45, 7) is 11.4. The Morgan fingerprint density at radius 2 is 1.82 bits per heavy atom. The lowest BCUT2D eigenvalue weighted by molar-refractivity contribution is -0.0454. The zero-order valence-corrected chi connectivity index (χ0v) is 25.4. The number of rotatable bonds is 6. The molecule has 3 fully saturated rings. The molecule has 0 unspecified atom stereocenters. The van der Waals surface area contributed by atoms with Crippen molar-refractivity contribution in [3.63, 3.8) is 0 Å². The molecule has 5 aliphatic rings. The number of sulfone groups is 1. The van der Waals surface area contributed by atoms with Crippen LogP contribution in [0.2, 0.25) is 0 Å². The Kier molecular flexibility index (Phi) is 6.90. The van der Waals surface area contributed by atoms with E-state index in [1.54, 1.807) is 12.1 Å². The van der Waals surface area contributed by atoms with Gasteiger partial charge in [-0.05, 0) is 117 Å². The summed E-state index contributed by atoms with van der Waals surface area (Å²) < 4.78 is 32.7. The van der Waals surface area contributed by atoms with Crippen LogP contribution in [0.25, 0.3) is 0 Å². The van der Waals surface area contributed by atoms with Gasteiger partial charge in [-0.15, -0.1) is 0 Å². The normalized spacial score (nSPS) is 40.2. The minimum atomic E-state index is -3.28. The van der Waals surface area contributed by atoms with Crippen molar-refractivity contribution in [2.45, 2.75) is 110 Å². The third-order valence-corrected chi connectivity index (χ3v) is 14.0. The van der Waals surface area contributed by atoms with Crippen molar-refractivity contribution in [3.8, 4) is 0 Å². The van der Waals surface area contributed by atoms with Crippen LogP contribution in [0.15, 0.2) is 52.1 Å². The molecule has 214 valence electrons. The predicted octanol–water partition coefficient (Wildman–Crippen LogP) is 7.41. The van der Waals surface area contributed by atoms with Crippen LogP contribution in [0, 0.1) is 47.3 Å². The standard InChI is InChI=1S/C34H48O4S/c1-21-6-10-26(11-7-21)39(36,37)20-22(2)8-13-30-23(3)32-31(38-30)19-29-27-12-9-24-18-25(35)14-16-33(24,4)28(27)15-17-34(29,32)5/h6-7,9-11,22,25,27-29,31-32,35H,8,12-20H2,1-5H3/t22-,25+,27-,28+,29+,31+,32+,33+,34+/m1/s1. The highest BCUT2D eigenvalue weighted by atomic mass is 32.2. The van der Waals surface area contributed by atoms with Gasteiger partial charge in [0.15, 0.2) is 9.84 Å². The van der Waals surface area contributed by atoms with E-state index in [9.17, 15) is 13.5 Å². The van der Waals surface area contributed by atoms with Crippen LogP contribution in [0.5, 0.6) is 0 Å². The molecule has 1 aliphatic heterocycles. The van der Waals surface area contributed by atoms with E-state index in [-0.39, 0.29) is 34.7 Å². The molecule has 0 aromatic heterocycles. The summed E-state index contributed by atoms with van der Waals surface area (Å²) in [5, 5.41) is 10.3. The third kappa shape index (κ3) is 4.54. The van der Waals surface area contributed by atoms with Crippen molar-refractivity contribution in [2.75, 3.05) is 5.75 Å². The highest BCUT2D eigenvalue weighted by molar-refractivity contribution is 7.91. The fourth-order valence-corrected chi connectivity index (χ4v) is 11.6. The summed E-state index contributed by atoms with van der Waals surface area (Å²) in [5.74, 6) is 4.07. The zero-order chi connectivity index (χ0) is 27.7. The van der Waals surface area contributed by atoms with Gasteiger partial charge in [-0.25, -0.2) is 8.42 Å². The van der Waals surface area contributed by atoms with Gasteiger partial charge in [0.05, 0.1) is 22.5 Å². The second-order valence-corrected chi connectivity index (χ2v) is 16.4. The summed E-state index contributed by atoms with van der Waals surface area (Å²) >= 11 is 0. The van der Waals surface area contributed by atoms with Crippen molar-refractivity contribution < 1.29 is 18.3 Å². The molecule has 1 aromatic rings. The van der Waals surface area contributed by atoms with Crippen molar-refractivity contribution in [3.05, 3.63) is 52.8 Å². The Morgan fingerprint density at radius 1 is 1.08 bits per heavy atom. The van der Waals surface area contributed by atoms with Gasteiger partial charge in [0.1, 0.15) is 6.10 Å². The van der Waals surface area contributed by atoms with Crippen LogP contribution < -0.4 is 0 Å². The van der Waals surface area contributed by atoms with Gasteiger partial charge in [0.25, 0.3) is 0 Å². The van der Waals surface area contributed by atoms with Gasteiger partial charge in [-0.3, -0.25) is 0 Å². The summed E-state index contributed by atoms with van der Waals surface area (Å²) in [6.07, 6.45) is 12.2. The highest BCUT2D eigenvalue weighted by Crippen LogP contribution is 2.68. The first-order valence-corrected chi connectivity index (χ1v) is 17.1. The Hall–Kier alpha value is -1.59. The second-order valence-electron chi connectivity index (χ2n) is 14.4. The molecule has 0 amide bonds. The molecule has 1 aromatic carbocycles. The van der Waals surface area contributed by atoms with Crippen molar-refractivity contribution in [1.82, 2.24) is 0 Å². The lowest BCUT2D eigenvalue weighted by Crippen LogP contribution is -2.50. The van der Waals surface area contributed by atoms with Crippen LogP contribution in [0.4, 0.5) is 0 Å². The SMILES string of the molecule is CC1=C(CC[C@@H](C)CS(=O)(=O)c2ccc(C)cc2)O[C@H]2C[C@H]3[C@@H]4CC=C5C[C@@H](O)CC[C@]5(C)[C@H]4CC[C@]3(C)[C@@H]12. The van der Waals surface area contributed by atoms with Crippen molar-refractivity contribution in [1.29, 1.82) is 0 Å². The summed E-state index contributed by atoms with van der Waals surface area (Å²) in [7, 11) is -3.28. The molecule has 0 bridgehead atoms. The molecule has 39 heavy (non-hydrogen) atoms. The van der Waals surface area contributed by atoms with E-state index in [0.717, 1.165) is 61.7 Å². The molecule has 1 N–H and O–H groups in total. The quantitative estimate of drug-likeness (QED) is 0.373. The zero-order valence-electron chi connectivity index (χ0n) is 24.6. The van der Waals surface area contributed by atoms with E-state index in [0.29, 0.717) is 16.7 Å². The van der Waals surface area contributed by atoms with Gasteiger partial charge in [-0.1, -0.05) is 50.1 Å². The fourth-order valence-electron chi connectivity index (χ4n) is 9.90. The number of hydrogen-bond donors (Lipinski definition) is 1. The van der Waals surface area contributed by atoms with Crippen LogP contribution in [-0.4, -0.2) is 31.5 Å². The minimum absolute atomic E-state index is 0.0809. The molecule has 4 aliphatic carbocycles. The average molecular weight is 553 g/mol.